The summed E-state index contributed by atoms with van der Waals surface area (Å²) in [4.78, 5) is 45.2. The highest BCUT2D eigenvalue weighted by Crippen LogP contribution is 2.62. The number of esters is 1. The minimum Gasteiger partial charge on any atom is -0.479 e. The van der Waals surface area contributed by atoms with Crippen LogP contribution in [0.25, 0.3) is 0 Å². The van der Waals surface area contributed by atoms with Gasteiger partial charge in [0, 0.05) is 24.3 Å². The van der Waals surface area contributed by atoms with E-state index in [1.807, 2.05) is 18.2 Å². The van der Waals surface area contributed by atoms with Gasteiger partial charge in [-0.1, -0.05) is 5.16 Å². The van der Waals surface area contributed by atoms with Gasteiger partial charge >= 0.3 is 5.97 Å². The van der Waals surface area contributed by atoms with Crippen molar-refractivity contribution in [3.8, 4) is 17.6 Å². The zero-order valence-corrected chi connectivity index (χ0v) is 18.8. The second kappa shape index (κ2) is 7.94. The summed E-state index contributed by atoms with van der Waals surface area (Å²) >= 11 is 0. The maximum Gasteiger partial charge on any atom is 0.308 e. The molecule has 6 atom stereocenters. The van der Waals surface area contributed by atoms with E-state index in [1.54, 1.807) is 36.4 Å². The third kappa shape index (κ3) is 3.21. The Bertz CT molecular complexity index is 1300. The van der Waals surface area contributed by atoms with Crippen LogP contribution in [-0.4, -0.2) is 36.2 Å². The summed E-state index contributed by atoms with van der Waals surface area (Å²) < 4.78 is 10.4. The van der Waals surface area contributed by atoms with E-state index in [1.165, 1.54) is 11.8 Å². The summed E-state index contributed by atoms with van der Waals surface area (Å²) in [7, 11) is 0. The Labute approximate surface area is 200 Å². The molecule has 176 valence electrons. The highest BCUT2D eigenvalue weighted by Gasteiger charge is 2.70. The van der Waals surface area contributed by atoms with E-state index in [2.05, 4.69) is 5.16 Å². The van der Waals surface area contributed by atoms with Crippen LogP contribution < -0.4 is 14.4 Å². The molecule has 2 heterocycles. The Hall–Kier alpha value is -4.19. The van der Waals surface area contributed by atoms with Crippen molar-refractivity contribution < 1.29 is 28.7 Å². The van der Waals surface area contributed by atoms with Crippen molar-refractivity contribution in [3.63, 3.8) is 0 Å². The molecule has 2 saturated carbocycles. The second-order valence-electron chi connectivity index (χ2n) is 9.26. The molecule has 35 heavy (non-hydrogen) atoms. The van der Waals surface area contributed by atoms with E-state index in [0.29, 0.717) is 17.2 Å². The molecule has 0 aromatic heterocycles. The average molecular weight is 471 g/mol. The first-order valence-electron chi connectivity index (χ1n) is 11.5. The highest BCUT2D eigenvalue weighted by atomic mass is 16.6. The minimum atomic E-state index is -0.439. The van der Waals surface area contributed by atoms with Crippen LogP contribution in [0.2, 0.25) is 0 Å². The Morgan fingerprint density at radius 2 is 1.69 bits per heavy atom. The van der Waals surface area contributed by atoms with Crippen LogP contribution in [0.4, 0.5) is 5.69 Å². The molecule has 0 spiro atoms. The first-order valence-corrected chi connectivity index (χ1v) is 11.5. The third-order valence-electron chi connectivity index (χ3n) is 7.50. The third-order valence-corrected chi connectivity index (χ3v) is 7.50. The second-order valence-corrected chi connectivity index (χ2v) is 9.26. The molecule has 2 aromatic rings. The number of anilines is 1. The number of hydrogen-bond acceptors (Lipinski definition) is 8. The summed E-state index contributed by atoms with van der Waals surface area (Å²) in [6, 6.07) is 15.6. The van der Waals surface area contributed by atoms with Crippen molar-refractivity contribution in [2.45, 2.75) is 19.4 Å². The Kier molecular flexibility index (Phi) is 4.85. The Morgan fingerprint density at radius 3 is 2.34 bits per heavy atom. The lowest BCUT2D eigenvalue weighted by Crippen LogP contribution is -2.41. The molecule has 2 aliphatic carbocycles. The fourth-order valence-corrected chi connectivity index (χ4v) is 6.29. The quantitative estimate of drug-likeness (QED) is 0.374. The van der Waals surface area contributed by atoms with Crippen molar-refractivity contribution in [1.82, 2.24) is 0 Å². The Morgan fingerprint density at radius 1 is 1.03 bits per heavy atom. The molecular weight excluding hydrogens is 450 g/mol. The monoisotopic (exact) mass is 471 g/mol. The smallest absolute Gasteiger partial charge is 0.308 e. The fourth-order valence-electron chi connectivity index (χ4n) is 6.29. The predicted octanol–water partition coefficient (Wildman–Crippen LogP) is 2.69. The molecule has 3 fully saturated rings. The molecule has 2 amide bonds. The molecule has 2 aromatic carbocycles. The molecule has 6 rings (SSSR count). The van der Waals surface area contributed by atoms with Gasteiger partial charge in [-0.2, -0.15) is 5.26 Å². The number of carbonyl (C=O) groups excluding carboxylic acids is 3. The van der Waals surface area contributed by atoms with Crippen molar-refractivity contribution in [2.75, 3.05) is 11.5 Å². The maximum atomic E-state index is 13.5. The molecule has 0 radical (unpaired) electrons. The van der Waals surface area contributed by atoms with Crippen LogP contribution in [0.3, 0.4) is 0 Å². The van der Waals surface area contributed by atoms with Crippen LogP contribution in [0.5, 0.6) is 11.5 Å². The van der Waals surface area contributed by atoms with Crippen LogP contribution in [0.1, 0.15) is 18.9 Å². The minimum absolute atomic E-state index is 0.0277. The van der Waals surface area contributed by atoms with Gasteiger partial charge in [-0.25, -0.2) is 0 Å². The number of carbonyl (C=O) groups is 3. The van der Waals surface area contributed by atoms with Crippen molar-refractivity contribution in [3.05, 3.63) is 54.1 Å². The maximum absolute atomic E-state index is 13.5. The van der Waals surface area contributed by atoms with Gasteiger partial charge in [0.2, 0.25) is 11.8 Å². The van der Waals surface area contributed by atoms with E-state index in [0.717, 1.165) is 17.7 Å². The fraction of sp³-hybridized carbons (Fsp3) is 0.346. The molecule has 0 N–H and O–H groups in total. The number of hydrogen-bond donors (Lipinski definition) is 0. The topological polar surface area (TPSA) is 118 Å². The van der Waals surface area contributed by atoms with Crippen molar-refractivity contribution in [1.29, 1.82) is 5.26 Å². The zero-order chi connectivity index (χ0) is 24.3. The summed E-state index contributed by atoms with van der Waals surface area (Å²) in [5.74, 6) is -0.894. The number of imide groups is 1. The summed E-state index contributed by atoms with van der Waals surface area (Å²) in [5.41, 5.74) is 2.13. The number of nitriles is 1. The lowest BCUT2D eigenvalue weighted by atomic mass is 9.71. The first-order chi connectivity index (χ1) is 17.0. The van der Waals surface area contributed by atoms with Gasteiger partial charge in [0.05, 0.1) is 23.2 Å². The van der Waals surface area contributed by atoms with Crippen LogP contribution in [0.15, 0.2) is 53.7 Å². The van der Waals surface area contributed by atoms with Gasteiger partial charge in [0.1, 0.15) is 23.7 Å². The van der Waals surface area contributed by atoms with E-state index >= 15 is 0 Å². The Balaban J connectivity index is 1.24. The molecule has 2 bridgehead atoms. The highest BCUT2D eigenvalue weighted by molar-refractivity contribution is 6.23. The van der Waals surface area contributed by atoms with Gasteiger partial charge in [0.25, 0.3) is 0 Å². The van der Waals surface area contributed by atoms with Crippen molar-refractivity contribution in [2.24, 2.45) is 34.7 Å². The van der Waals surface area contributed by atoms with E-state index < -0.39 is 17.8 Å². The molecule has 4 aliphatic rings. The first kappa shape index (κ1) is 21.4. The lowest BCUT2D eigenvalue weighted by Gasteiger charge is -2.29. The van der Waals surface area contributed by atoms with Crippen molar-refractivity contribution >= 4 is 29.2 Å². The van der Waals surface area contributed by atoms with E-state index in [9.17, 15) is 14.4 Å². The van der Waals surface area contributed by atoms with Crippen LogP contribution in [0, 0.1) is 40.9 Å². The number of rotatable bonds is 5. The molecule has 9 heteroatoms. The summed E-state index contributed by atoms with van der Waals surface area (Å²) in [6.07, 6.45) is 0.526. The van der Waals surface area contributed by atoms with Gasteiger partial charge < -0.3 is 14.3 Å². The van der Waals surface area contributed by atoms with E-state index in [4.69, 9.17) is 19.6 Å². The number of amides is 2. The van der Waals surface area contributed by atoms with E-state index in [-0.39, 0.29) is 42.3 Å². The lowest BCUT2D eigenvalue weighted by molar-refractivity contribution is -0.132. The number of fused-ring (bicyclic) bond motifs is 8. The number of ether oxygens (including phenoxy) is 2. The summed E-state index contributed by atoms with van der Waals surface area (Å²) in [6.45, 7) is 1.28. The zero-order valence-electron chi connectivity index (χ0n) is 18.8. The molecular formula is C26H21N3O6. The molecule has 9 nitrogen and oxygen atoms in total. The number of nitrogens with zero attached hydrogens (tertiary/aromatic N) is 3. The van der Waals surface area contributed by atoms with Gasteiger partial charge in [-0.05, 0) is 60.9 Å². The van der Waals surface area contributed by atoms with Gasteiger partial charge in [-0.3, -0.25) is 19.3 Å². The standard InChI is InChI=1S/C26H21N3O6/c1-13(30)34-17-8-4-15(5-9-17)29-25(31)20-18-12-19(21(20)26(29)32)24-22(18)23(28-35-24)14-2-6-16(7-3-14)33-11-10-27/h2-9,18-22,24H,11-12H2,1H3/t18-,19-,20-,21-,22-,24+/m0/s1. The predicted molar refractivity (Wildman–Crippen MR) is 121 cm³/mol. The van der Waals surface area contributed by atoms with Gasteiger partial charge in [0.15, 0.2) is 6.61 Å². The normalized spacial score (nSPS) is 29.8. The molecule has 2 aliphatic heterocycles. The van der Waals surface area contributed by atoms with Crippen LogP contribution in [-0.2, 0) is 19.2 Å². The van der Waals surface area contributed by atoms with Gasteiger partial charge in [-0.15, -0.1) is 0 Å². The SMILES string of the molecule is CC(=O)Oc1ccc(N2C(=O)[C@H]3[C@@H]4C[C@H]([C@H]5C(c6ccc(OCC#N)cc6)=NO[C@H]45)[C@@H]3C2=O)cc1. The molecule has 0 unspecified atom stereocenters. The van der Waals surface area contributed by atoms with Crippen LogP contribution >= 0.6 is 0 Å². The summed E-state index contributed by atoms with van der Waals surface area (Å²) in [5, 5.41) is 13.0. The number of oxime groups is 1. The average Bonchev–Trinajstić information content (AvgIpc) is 3.59. The molecule has 1 saturated heterocycles. The largest absolute Gasteiger partial charge is 0.479 e. The number of benzene rings is 2.